The van der Waals surface area contributed by atoms with Crippen LogP contribution in [0.25, 0.3) is 0 Å². The third-order valence-corrected chi connectivity index (χ3v) is 4.55. The molecule has 6 heteroatoms. The van der Waals surface area contributed by atoms with E-state index in [4.69, 9.17) is 5.11 Å². The fraction of sp³-hybridized carbons (Fsp3) is 0.778. The van der Waals surface area contributed by atoms with Crippen LogP contribution >= 0.6 is 0 Å². The highest BCUT2D eigenvalue weighted by Gasteiger charge is 2.11. The minimum atomic E-state index is 0.302. The van der Waals surface area contributed by atoms with Gasteiger partial charge in [-0.1, -0.05) is 12.8 Å². The number of anilines is 2. The van der Waals surface area contributed by atoms with E-state index in [2.05, 4.69) is 32.1 Å². The first-order valence-corrected chi connectivity index (χ1v) is 9.41. The monoisotopic (exact) mass is 335 g/mol. The molecule has 1 aliphatic rings. The maximum Gasteiger partial charge on any atom is 0.224 e. The molecule has 1 aromatic rings. The quantitative estimate of drug-likeness (QED) is 0.640. The summed E-state index contributed by atoms with van der Waals surface area (Å²) >= 11 is 0. The Kier molecular flexibility index (Phi) is 8.84. The van der Waals surface area contributed by atoms with Crippen molar-refractivity contribution in [1.29, 1.82) is 0 Å². The molecular weight excluding hydrogens is 302 g/mol. The van der Waals surface area contributed by atoms with E-state index in [1.807, 2.05) is 12.3 Å². The van der Waals surface area contributed by atoms with Gasteiger partial charge in [-0.3, -0.25) is 0 Å². The van der Waals surface area contributed by atoms with Crippen LogP contribution in [0, 0.1) is 0 Å². The molecule has 136 valence electrons. The number of aliphatic hydroxyl groups is 1. The molecule has 0 radical (unpaired) electrons. The summed E-state index contributed by atoms with van der Waals surface area (Å²) in [6.45, 7) is 5.39. The molecule has 6 nitrogen and oxygen atoms in total. The predicted molar refractivity (Wildman–Crippen MR) is 99.6 cm³/mol. The molecule has 24 heavy (non-hydrogen) atoms. The number of hydrogen-bond acceptors (Lipinski definition) is 6. The lowest BCUT2D eigenvalue weighted by Gasteiger charge is -2.22. The molecule has 1 fully saturated rings. The molecule has 1 aromatic heterocycles. The van der Waals surface area contributed by atoms with E-state index in [-0.39, 0.29) is 0 Å². The number of nitrogens with one attached hydrogen (secondary N) is 1. The topological polar surface area (TPSA) is 64.5 Å². The van der Waals surface area contributed by atoms with Gasteiger partial charge in [0.2, 0.25) is 5.95 Å². The molecule has 0 spiro atoms. The standard InChI is InChI=1S/C18H33N5O/c1-22(12-5-4-8-16-24)15-11-20-18-19-10-9-17(21-18)23-13-6-2-3-7-14-23/h9-10,24H,2-8,11-16H2,1H3,(H,19,20,21). The van der Waals surface area contributed by atoms with E-state index >= 15 is 0 Å². The maximum atomic E-state index is 8.79. The van der Waals surface area contributed by atoms with Crippen molar-refractivity contribution in [2.24, 2.45) is 0 Å². The summed E-state index contributed by atoms with van der Waals surface area (Å²) < 4.78 is 0. The largest absolute Gasteiger partial charge is 0.396 e. The molecule has 0 bridgehead atoms. The van der Waals surface area contributed by atoms with Crippen LogP contribution in [-0.2, 0) is 0 Å². The van der Waals surface area contributed by atoms with Gasteiger partial charge in [0.1, 0.15) is 5.82 Å². The van der Waals surface area contributed by atoms with Gasteiger partial charge in [-0.05, 0) is 51.8 Å². The van der Waals surface area contributed by atoms with Crippen molar-refractivity contribution in [2.45, 2.75) is 44.9 Å². The zero-order chi connectivity index (χ0) is 17.0. The Bertz CT molecular complexity index is 449. The Balaban J connectivity index is 1.71. The molecule has 0 unspecified atom stereocenters. The second-order valence-electron chi connectivity index (χ2n) is 6.65. The maximum absolute atomic E-state index is 8.79. The summed E-state index contributed by atoms with van der Waals surface area (Å²) in [5.41, 5.74) is 0. The Labute approximate surface area is 146 Å². The second kappa shape index (κ2) is 11.2. The molecule has 2 rings (SSSR count). The van der Waals surface area contributed by atoms with Crippen molar-refractivity contribution in [1.82, 2.24) is 14.9 Å². The van der Waals surface area contributed by atoms with Crippen LogP contribution in [0.1, 0.15) is 44.9 Å². The van der Waals surface area contributed by atoms with Crippen molar-refractivity contribution in [3.63, 3.8) is 0 Å². The summed E-state index contributed by atoms with van der Waals surface area (Å²) in [4.78, 5) is 13.7. The van der Waals surface area contributed by atoms with Gasteiger partial charge in [0.05, 0.1) is 0 Å². The van der Waals surface area contributed by atoms with Crippen LogP contribution in [-0.4, -0.2) is 66.4 Å². The van der Waals surface area contributed by atoms with E-state index in [0.29, 0.717) is 6.61 Å². The summed E-state index contributed by atoms with van der Waals surface area (Å²) in [6.07, 6.45) is 10.2. The van der Waals surface area contributed by atoms with Gasteiger partial charge in [-0.2, -0.15) is 4.98 Å². The molecule has 0 aromatic carbocycles. The number of nitrogens with zero attached hydrogens (tertiary/aromatic N) is 4. The summed E-state index contributed by atoms with van der Waals surface area (Å²) in [5.74, 6) is 1.78. The van der Waals surface area contributed by atoms with Crippen molar-refractivity contribution in [3.8, 4) is 0 Å². The van der Waals surface area contributed by atoms with E-state index in [0.717, 1.165) is 63.8 Å². The van der Waals surface area contributed by atoms with Crippen molar-refractivity contribution in [2.75, 3.05) is 56.6 Å². The molecule has 0 atom stereocenters. The van der Waals surface area contributed by atoms with Crippen LogP contribution in [0.15, 0.2) is 12.3 Å². The number of aliphatic hydroxyl groups excluding tert-OH is 1. The molecule has 2 heterocycles. The van der Waals surface area contributed by atoms with Gasteiger partial charge in [-0.25, -0.2) is 4.98 Å². The van der Waals surface area contributed by atoms with Crippen molar-refractivity contribution in [3.05, 3.63) is 12.3 Å². The SMILES string of the molecule is CN(CCCCCO)CCNc1nccc(N2CCCCCC2)n1. The average Bonchev–Trinajstić information content (AvgIpc) is 2.88. The number of unbranched alkanes of at least 4 members (excludes halogenated alkanes) is 2. The Morgan fingerprint density at radius 3 is 2.67 bits per heavy atom. The van der Waals surface area contributed by atoms with Gasteiger partial charge < -0.3 is 20.2 Å². The lowest BCUT2D eigenvalue weighted by Crippen LogP contribution is -2.27. The van der Waals surface area contributed by atoms with Crippen LogP contribution in [0.4, 0.5) is 11.8 Å². The molecule has 1 aliphatic heterocycles. The first-order valence-electron chi connectivity index (χ1n) is 9.41. The summed E-state index contributed by atoms with van der Waals surface area (Å²) in [6, 6.07) is 2.02. The van der Waals surface area contributed by atoms with Crippen molar-refractivity contribution < 1.29 is 5.11 Å². The fourth-order valence-corrected chi connectivity index (χ4v) is 3.05. The van der Waals surface area contributed by atoms with Gasteiger partial charge in [0, 0.05) is 39.0 Å². The smallest absolute Gasteiger partial charge is 0.224 e. The third kappa shape index (κ3) is 7.01. The second-order valence-corrected chi connectivity index (χ2v) is 6.65. The highest BCUT2D eigenvalue weighted by atomic mass is 16.2. The minimum absolute atomic E-state index is 0.302. The fourth-order valence-electron chi connectivity index (χ4n) is 3.05. The number of hydrogen-bond donors (Lipinski definition) is 2. The lowest BCUT2D eigenvalue weighted by atomic mass is 10.2. The normalized spacial score (nSPS) is 15.5. The van der Waals surface area contributed by atoms with Gasteiger partial charge in [0.25, 0.3) is 0 Å². The van der Waals surface area contributed by atoms with Crippen LogP contribution in [0.2, 0.25) is 0 Å². The first-order chi connectivity index (χ1) is 11.8. The molecule has 1 saturated heterocycles. The number of aromatic nitrogens is 2. The molecular formula is C18H33N5O. The van der Waals surface area contributed by atoms with Crippen LogP contribution in [0.5, 0.6) is 0 Å². The first kappa shape index (κ1) is 18.9. The minimum Gasteiger partial charge on any atom is -0.396 e. The van der Waals surface area contributed by atoms with E-state index in [1.54, 1.807) is 0 Å². The Morgan fingerprint density at radius 2 is 1.92 bits per heavy atom. The van der Waals surface area contributed by atoms with Crippen molar-refractivity contribution >= 4 is 11.8 Å². The number of rotatable bonds is 10. The van der Waals surface area contributed by atoms with Gasteiger partial charge in [0.15, 0.2) is 0 Å². The highest BCUT2D eigenvalue weighted by molar-refractivity contribution is 5.42. The van der Waals surface area contributed by atoms with Gasteiger partial charge in [-0.15, -0.1) is 0 Å². The predicted octanol–water partition coefficient (Wildman–Crippen LogP) is 2.36. The average molecular weight is 335 g/mol. The van der Waals surface area contributed by atoms with E-state index in [9.17, 15) is 0 Å². The van der Waals surface area contributed by atoms with Gasteiger partial charge >= 0.3 is 0 Å². The van der Waals surface area contributed by atoms with Crippen LogP contribution in [0.3, 0.4) is 0 Å². The number of likely N-dealkylation sites (N-methyl/N-ethyl adjacent to an activating group) is 1. The highest BCUT2D eigenvalue weighted by Crippen LogP contribution is 2.17. The summed E-state index contributed by atoms with van der Waals surface area (Å²) in [7, 11) is 2.13. The molecule has 2 N–H and O–H groups in total. The van der Waals surface area contributed by atoms with E-state index in [1.165, 1.54) is 25.7 Å². The van der Waals surface area contributed by atoms with Crippen LogP contribution < -0.4 is 10.2 Å². The molecule has 0 amide bonds. The zero-order valence-electron chi connectivity index (χ0n) is 15.1. The Hall–Kier alpha value is -1.40. The molecule has 0 saturated carbocycles. The zero-order valence-corrected chi connectivity index (χ0v) is 15.1. The lowest BCUT2D eigenvalue weighted by molar-refractivity contribution is 0.274. The van der Waals surface area contributed by atoms with E-state index < -0.39 is 0 Å². The summed E-state index contributed by atoms with van der Waals surface area (Å²) in [5, 5.41) is 12.1. The third-order valence-electron chi connectivity index (χ3n) is 4.55. The molecule has 0 aliphatic carbocycles. The Morgan fingerprint density at radius 1 is 1.12 bits per heavy atom.